The number of pyridine rings is 1. The topological polar surface area (TPSA) is 59.8 Å². The van der Waals surface area contributed by atoms with Gasteiger partial charge in [0.1, 0.15) is 5.52 Å². The number of hydrogen-bond donors (Lipinski definition) is 1. The van der Waals surface area contributed by atoms with Crippen LogP contribution in [0.4, 0.5) is 0 Å². The van der Waals surface area contributed by atoms with Crippen molar-refractivity contribution >= 4 is 28.8 Å². The molecule has 0 saturated heterocycles. The highest BCUT2D eigenvalue weighted by atomic mass is 32.2. The molecule has 2 aromatic rings. The SMILES string of the molecule is Cn1c(SCC(=O)NC(C)(C)C)nc2cccnc21. The molecule has 2 aromatic heterocycles. The van der Waals surface area contributed by atoms with Crippen LogP contribution in [-0.4, -0.2) is 31.7 Å². The van der Waals surface area contributed by atoms with Crippen LogP contribution in [0.25, 0.3) is 11.2 Å². The summed E-state index contributed by atoms with van der Waals surface area (Å²) in [4.78, 5) is 20.5. The molecule has 0 aromatic carbocycles. The van der Waals surface area contributed by atoms with Gasteiger partial charge >= 0.3 is 0 Å². The first-order valence-electron chi connectivity index (χ1n) is 6.08. The molecular weight excluding hydrogens is 260 g/mol. The zero-order valence-corrected chi connectivity index (χ0v) is 12.4. The molecule has 0 bridgehead atoms. The van der Waals surface area contributed by atoms with Crippen LogP contribution in [0.5, 0.6) is 0 Å². The van der Waals surface area contributed by atoms with Gasteiger partial charge in [-0.2, -0.15) is 0 Å². The predicted octanol–water partition coefficient (Wildman–Crippen LogP) is 1.98. The fraction of sp³-hybridized carbons (Fsp3) is 0.462. The Kier molecular flexibility index (Phi) is 3.80. The Balaban J connectivity index is 2.06. The number of aromatic nitrogens is 3. The fourth-order valence-corrected chi connectivity index (χ4v) is 2.49. The molecule has 2 rings (SSSR count). The summed E-state index contributed by atoms with van der Waals surface area (Å²) in [5.74, 6) is 0.367. The predicted molar refractivity (Wildman–Crippen MR) is 77.1 cm³/mol. The molecule has 0 unspecified atom stereocenters. The minimum atomic E-state index is -0.203. The highest BCUT2D eigenvalue weighted by Crippen LogP contribution is 2.21. The number of rotatable bonds is 3. The smallest absolute Gasteiger partial charge is 0.230 e. The average Bonchev–Trinajstić information content (AvgIpc) is 2.62. The van der Waals surface area contributed by atoms with Gasteiger partial charge in [0.15, 0.2) is 10.8 Å². The zero-order chi connectivity index (χ0) is 14.0. The number of carbonyl (C=O) groups is 1. The second-order valence-corrected chi connectivity index (χ2v) is 6.33. The van der Waals surface area contributed by atoms with E-state index in [0.29, 0.717) is 5.75 Å². The molecule has 6 heteroatoms. The molecule has 0 spiro atoms. The molecule has 1 N–H and O–H groups in total. The molecule has 0 saturated carbocycles. The van der Waals surface area contributed by atoms with Crippen molar-refractivity contribution in [1.82, 2.24) is 19.9 Å². The number of aryl methyl sites for hydroxylation is 1. The van der Waals surface area contributed by atoms with Gasteiger partial charge in [-0.05, 0) is 32.9 Å². The molecule has 5 nitrogen and oxygen atoms in total. The van der Waals surface area contributed by atoms with Crippen molar-refractivity contribution in [2.75, 3.05) is 5.75 Å². The van der Waals surface area contributed by atoms with Gasteiger partial charge in [0.25, 0.3) is 0 Å². The van der Waals surface area contributed by atoms with Gasteiger partial charge in [0, 0.05) is 18.8 Å². The van der Waals surface area contributed by atoms with E-state index in [0.717, 1.165) is 16.3 Å². The zero-order valence-electron chi connectivity index (χ0n) is 11.6. The third-order valence-electron chi connectivity index (χ3n) is 2.43. The highest BCUT2D eigenvalue weighted by molar-refractivity contribution is 7.99. The van der Waals surface area contributed by atoms with Crippen molar-refractivity contribution in [1.29, 1.82) is 0 Å². The van der Waals surface area contributed by atoms with Crippen molar-refractivity contribution in [3.63, 3.8) is 0 Å². The number of imidazole rings is 1. The van der Waals surface area contributed by atoms with Crippen LogP contribution in [0, 0.1) is 0 Å². The van der Waals surface area contributed by atoms with Crippen molar-refractivity contribution in [2.45, 2.75) is 31.5 Å². The minimum Gasteiger partial charge on any atom is -0.351 e. The highest BCUT2D eigenvalue weighted by Gasteiger charge is 2.15. The number of nitrogens with one attached hydrogen (secondary N) is 1. The number of thioether (sulfide) groups is 1. The van der Waals surface area contributed by atoms with Crippen LogP contribution in [0.2, 0.25) is 0 Å². The summed E-state index contributed by atoms with van der Waals surface area (Å²) >= 11 is 1.42. The minimum absolute atomic E-state index is 0.0116. The monoisotopic (exact) mass is 278 g/mol. The largest absolute Gasteiger partial charge is 0.351 e. The van der Waals surface area contributed by atoms with Crippen LogP contribution in [0.3, 0.4) is 0 Å². The lowest BCUT2D eigenvalue weighted by atomic mass is 10.1. The van der Waals surface area contributed by atoms with Crippen LogP contribution in [0.1, 0.15) is 20.8 Å². The van der Waals surface area contributed by atoms with Crippen molar-refractivity contribution in [3.05, 3.63) is 18.3 Å². The van der Waals surface area contributed by atoms with Crippen molar-refractivity contribution in [3.8, 4) is 0 Å². The number of carbonyl (C=O) groups excluding carboxylic acids is 1. The molecule has 102 valence electrons. The summed E-state index contributed by atoms with van der Waals surface area (Å²) in [5, 5.41) is 3.73. The second-order valence-electron chi connectivity index (χ2n) is 5.39. The van der Waals surface area contributed by atoms with Gasteiger partial charge < -0.3 is 9.88 Å². The van der Waals surface area contributed by atoms with Gasteiger partial charge in [0.2, 0.25) is 5.91 Å². The van der Waals surface area contributed by atoms with Crippen LogP contribution in [-0.2, 0) is 11.8 Å². The van der Waals surface area contributed by atoms with Gasteiger partial charge in [-0.15, -0.1) is 0 Å². The molecule has 19 heavy (non-hydrogen) atoms. The molecule has 0 aliphatic heterocycles. The van der Waals surface area contributed by atoms with E-state index in [1.165, 1.54) is 11.8 Å². The van der Waals surface area contributed by atoms with Crippen molar-refractivity contribution in [2.24, 2.45) is 7.05 Å². The van der Waals surface area contributed by atoms with E-state index in [9.17, 15) is 4.79 Å². The molecular formula is C13H18N4OS. The van der Waals surface area contributed by atoms with Gasteiger partial charge in [-0.1, -0.05) is 11.8 Å². The Labute approximate surface area is 116 Å². The number of fused-ring (bicyclic) bond motifs is 1. The van der Waals surface area contributed by atoms with E-state index in [1.807, 2.05) is 44.5 Å². The van der Waals surface area contributed by atoms with Gasteiger partial charge in [-0.25, -0.2) is 9.97 Å². The lowest BCUT2D eigenvalue weighted by Gasteiger charge is -2.20. The quantitative estimate of drug-likeness (QED) is 0.872. The molecule has 0 atom stereocenters. The standard InChI is InChI=1S/C13H18N4OS/c1-13(2,3)16-10(18)8-19-12-15-9-6-5-7-14-11(9)17(12)4/h5-7H,8H2,1-4H3,(H,16,18). The summed E-state index contributed by atoms with van der Waals surface area (Å²) in [5.41, 5.74) is 1.48. The molecule has 0 aliphatic carbocycles. The van der Waals surface area contributed by atoms with Gasteiger partial charge in [-0.3, -0.25) is 4.79 Å². The lowest BCUT2D eigenvalue weighted by molar-refractivity contribution is -0.119. The van der Waals surface area contributed by atoms with E-state index in [2.05, 4.69) is 15.3 Å². The molecule has 0 aliphatic rings. The normalized spacial score (nSPS) is 11.8. The van der Waals surface area contributed by atoms with E-state index in [-0.39, 0.29) is 11.4 Å². The first kappa shape index (κ1) is 13.9. The maximum absolute atomic E-state index is 11.8. The summed E-state index contributed by atoms with van der Waals surface area (Å²) in [6.07, 6.45) is 1.74. The Morgan fingerprint density at radius 1 is 1.47 bits per heavy atom. The number of nitrogens with zero attached hydrogens (tertiary/aromatic N) is 3. The third-order valence-corrected chi connectivity index (χ3v) is 3.46. The Bertz CT molecular complexity index is 600. The molecule has 2 heterocycles. The fourth-order valence-electron chi connectivity index (χ4n) is 1.72. The van der Waals surface area contributed by atoms with E-state index < -0.39 is 0 Å². The first-order chi connectivity index (χ1) is 8.87. The summed E-state index contributed by atoms with van der Waals surface area (Å²) < 4.78 is 1.91. The van der Waals surface area contributed by atoms with Crippen LogP contribution in [0.15, 0.2) is 23.5 Å². The van der Waals surface area contributed by atoms with E-state index in [1.54, 1.807) is 6.20 Å². The first-order valence-corrected chi connectivity index (χ1v) is 7.06. The van der Waals surface area contributed by atoms with Gasteiger partial charge in [0.05, 0.1) is 5.75 Å². The maximum Gasteiger partial charge on any atom is 0.230 e. The lowest BCUT2D eigenvalue weighted by Crippen LogP contribution is -2.41. The summed E-state index contributed by atoms with van der Waals surface area (Å²) in [6, 6.07) is 3.78. The third kappa shape index (κ3) is 3.47. The number of hydrogen-bond acceptors (Lipinski definition) is 4. The van der Waals surface area contributed by atoms with E-state index >= 15 is 0 Å². The Hall–Kier alpha value is -1.56. The molecule has 0 radical (unpaired) electrons. The van der Waals surface area contributed by atoms with E-state index in [4.69, 9.17) is 0 Å². The maximum atomic E-state index is 11.8. The van der Waals surface area contributed by atoms with Crippen LogP contribution < -0.4 is 5.32 Å². The average molecular weight is 278 g/mol. The molecule has 1 amide bonds. The second kappa shape index (κ2) is 5.21. The number of amides is 1. The molecule has 0 fully saturated rings. The summed E-state index contributed by atoms with van der Waals surface area (Å²) in [6.45, 7) is 5.90. The van der Waals surface area contributed by atoms with Crippen molar-refractivity contribution < 1.29 is 4.79 Å². The van der Waals surface area contributed by atoms with Crippen LogP contribution >= 0.6 is 11.8 Å². The summed E-state index contributed by atoms with van der Waals surface area (Å²) in [7, 11) is 1.91. The Morgan fingerprint density at radius 2 is 2.21 bits per heavy atom. The Morgan fingerprint density at radius 3 is 2.84 bits per heavy atom.